The number of anilines is 1. The van der Waals surface area contributed by atoms with Gasteiger partial charge in [-0.1, -0.05) is 5.16 Å². The maximum absolute atomic E-state index is 12.9. The van der Waals surface area contributed by atoms with Crippen LogP contribution >= 0.6 is 0 Å². The van der Waals surface area contributed by atoms with Crippen molar-refractivity contribution in [2.45, 2.75) is 37.5 Å². The minimum atomic E-state index is -2.83. The predicted octanol–water partition coefficient (Wildman–Crippen LogP) is 2.81. The summed E-state index contributed by atoms with van der Waals surface area (Å²) in [6.45, 7) is 5.96. The van der Waals surface area contributed by atoms with Crippen LogP contribution in [0.1, 0.15) is 31.0 Å². The molecule has 2 unspecified atom stereocenters. The van der Waals surface area contributed by atoms with Gasteiger partial charge in [-0.2, -0.15) is 5.10 Å². The van der Waals surface area contributed by atoms with Gasteiger partial charge in [0, 0.05) is 18.4 Å². The van der Waals surface area contributed by atoms with Gasteiger partial charge in [-0.3, -0.25) is 9.88 Å². The van der Waals surface area contributed by atoms with Gasteiger partial charge in [0.05, 0.1) is 45.1 Å². The Morgan fingerprint density at radius 3 is 2.79 bits per heavy atom. The molecule has 2 fully saturated rings. The fourth-order valence-electron chi connectivity index (χ4n) is 4.16. The summed E-state index contributed by atoms with van der Waals surface area (Å²) >= 11 is 0. The molecular weight excluding hydrogens is 392 g/mol. The third-order valence-electron chi connectivity index (χ3n) is 5.98. The van der Waals surface area contributed by atoms with Crippen molar-refractivity contribution < 1.29 is 13.5 Å². The molecule has 2 atom stereocenters. The second kappa shape index (κ2) is 6.27. The SMILES string of the molecule is Cc1cc(-c2noc3c(C4(S(C)(=N)=O)CC4)cc(N4CCOCC4C)nc23)[nH]n1. The summed E-state index contributed by atoms with van der Waals surface area (Å²) in [5, 5.41) is 11.4. The van der Waals surface area contributed by atoms with Crippen molar-refractivity contribution in [2.75, 3.05) is 30.9 Å². The lowest BCUT2D eigenvalue weighted by Gasteiger charge is -2.34. The van der Waals surface area contributed by atoms with Crippen LogP contribution in [0, 0.1) is 11.7 Å². The van der Waals surface area contributed by atoms with Crippen LogP contribution < -0.4 is 4.90 Å². The van der Waals surface area contributed by atoms with Crippen LogP contribution in [-0.4, -0.2) is 56.6 Å². The molecule has 2 N–H and O–H groups in total. The molecule has 1 saturated heterocycles. The zero-order valence-electron chi connectivity index (χ0n) is 16.7. The Hall–Kier alpha value is -2.46. The van der Waals surface area contributed by atoms with Crippen molar-refractivity contribution >= 4 is 26.6 Å². The van der Waals surface area contributed by atoms with E-state index >= 15 is 0 Å². The first-order valence-corrected chi connectivity index (χ1v) is 11.7. The molecule has 0 radical (unpaired) electrons. The van der Waals surface area contributed by atoms with Gasteiger partial charge in [-0.05, 0) is 38.8 Å². The molecule has 154 valence electrons. The summed E-state index contributed by atoms with van der Waals surface area (Å²) < 4.78 is 31.8. The highest BCUT2D eigenvalue weighted by Crippen LogP contribution is 2.55. The normalized spacial score (nSPS) is 23.3. The molecule has 4 heterocycles. The highest BCUT2D eigenvalue weighted by Gasteiger charge is 2.53. The number of aryl methyl sites for hydroxylation is 1. The van der Waals surface area contributed by atoms with E-state index in [0.717, 1.165) is 29.3 Å². The molecule has 9 nitrogen and oxygen atoms in total. The third-order valence-corrected chi connectivity index (χ3v) is 8.09. The molecule has 0 amide bonds. The van der Waals surface area contributed by atoms with Gasteiger partial charge in [0.25, 0.3) is 0 Å². The molecule has 0 spiro atoms. The van der Waals surface area contributed by atoms with Crippen LogP contribution in [0.3, 0.4) is 0 Å². The Morgan fingerprint density at radius 2 is 2.17 bits per heavy atom. The number of fused-ring (bicyclic) bond motifs is 1. The summed E-state index contributed by atoms with van der Waals surface area (Å²) in [6, 6.07) is 4.00. The summed E-state index contributed by atoms with van der Waals surface area (Å²) in [6.07, 6.45) is 2.91. The van der Waals surface area contributed by atoms with Crippen molar-refractivity contribution in [1.29, 1.82) is 4.78 Å². The van der Waals surface area contributed by atoms with Gasteiger partial charge >= 0.3 is 0 Å². The lowest BCUT2D eigenvalue weighted by molar-refractivity contribution is 0.0985. The monoisotopic (exact) mass is 416 g/mol. The second-order valence-electron chi connectivity index (χ2n) is 8.12. The van der Waals surface area contributed by atoms with Gasteiger partial charge in [-0.25, -0.2) is 9.19 Å². The number of hydrogen-bond donors (Lipinski definition) is 2. The van der Waals surface area contributed by atoms with E-state index in [9.17, 15) is 4.21 Å². The number of rotatable bonds is 4. The Kier molecular flexibility index (Phi) is 4.01. The van der Waals surface area contributed by atoms with Crippen molar-refractivity contribution in [1.82, 2.24) is 20.3 Å². The van der Waals surface area contributed by atoms with Gasteiger partial charge < -0.3 is 14.2 Å². The smallest absolute Gasteiger partial charge is 0.190 e. The minimum absolute atomic E-state index is 0.163. The van der Waals surface area contributed by atoms with Crippen LogP contribution in [0.15, 0.2) is 16.7 Å². The van der Waals surface area contributed by atoms with Crippen LogP contribution in [0.4, 0.5) is 5.82 Å². The number of aromatic amines is 1. The number of hydrogen-bond acceptors (Lipinski definition) is 8. The summed E-state index contributed by atoms with van der Waals surface area (Å²) in [5.41, 5.74) is 4.03. The van der Waals surface area contributed by atoms with Gasteiger partial charge in [0.1, 0.15) is 11.3 Å². The lowest BCUT2D eigenvalue weighted by atomic mass is 10.1. The van der Waals surface area contributed by atoms with E-state index in [-0.39, 0.29) is 6.04 Å². The highest BCUT2D eigenvalue weighted by atomic mass is 32.2. The Labute approximate surface area is 168 Å². The fraction of sp³-hybridized carbons (Fsp3) is 0.526. The fourth-order valence-corrected chi connectivity index (χ4v) is 5.61. The molecule has 1 aliphatic heterocycles. The zero-order chi connectivity index (χ0) is 20.4. The number of aromatic nitrogens is 4. The van der Waals surface area contributed by atoms with E-state index in [1.165, 1.54) is 6.26 Å². The molecule has 1 saturated carbocycles. The summed E-state index contributed by atoms with van der Waals surface area (Å²) in [7, 11) is -2.83. The number of morpholine rings is 1. The first-order chi connectivity index (χ1) is 13.8. The summed E-state index contributed by atoms with van der Waals surface area (Å²) in [5.74, 6) is 0.777. The first kappa shape index (κ1) is 18.6. The first-order valence-electron chi connectivity index (χ1n) is 9.71. The summed E-state index contributed by atoms with van der Waals surface area (Å²) in [4.78, 5) is 7.08. The standard InChI is InChI=1S/C19H24N6O3S/c1-11-8-14(23-22-11)16-17-18(28-24-16)13(19(4-5-19)29(3,20)26)9-15(21-17)25-6-7-27-10-12(25)2/h8-9,12,20H,4-7,10H2,1-3H3,(H,22,23). The van der Waals surface area contributed by atoms with E-state index in [2.05, 4.69) is 27.2 Å². The largest absolute Gasteiger partial charge is 0.377 e. The number of nitrogens with zero attached hydrogens (tertiary/aromatic N) is 4. The molecule has 2 aliphatic rings. The minimum Gasteiger partial charge on any atom is -0.377 e. The quantitative estimate of drug-likeness (QED) is 0.671. The van der Waals surface area contributed by atoms with Gasteiger partial charge in [-0.15, -0.1) is 0 Å². The maximum Gasteiger partial charge on any atom is 0.190 e. The van der Waals surface area contributed by atoms with E-state index < -0.39 is 14.5 Å². The van der Waals surface area contributed by atoms with Crippen molar-refractivity contribution in [2.24, 2.45) is 0 Å². The second-order valence-corrected chi connectivity index (χ2v) is 10.6. The maximum atomic E-state index is 12.9. The van der Waals surface area contributed by atoms with Gasteiger partial charge in [0.15, 0.2) is 11.3 Å². The van der Waals surface area contributed by atoms with Crippen LogP contribution in [0.2, 0.25) is 0 Å². The van der Waals surface area contributed by atoms with Crippen molar-refractivity contribution in [3.8, 4) is 11.4 Å². The molecule has 3 aromatic rings. The number of nitrogens with one attached hydrogen (secondary N) is 2. The van der Waals surface area contributed by atoms with Crippen molar-refractivity contribution in [3.63, 3.8) is 0 Å². The van der Waals surface area contributed by atoms with E-state index in [0.29, 0.717) is 42.8 Å². The van der Waals surface area contributed by atoms with Crippen molar-refractivity contribution in [3.05, 3.63) is 23.4 Å². The Balaban J connectivity index is 1.76. The molecule has 5 rings (SSSR count). The lowest BCUT2D eigenvalue weighted by Crippen LogP contribution is -2.44. The number of ether oxygens (including phenoxy) is 1. The average Bonchev–Trinajstić information content (AvgIpc) is 3.23. The molecule has 0 bridgehead atoms. The molecule has 29 heavy (non-hydrogen) atoms. The molecule has 3 aromatic heterocycles. The van der Waals surface area contributed by atoms with Crippen LogP contribution in [-0.2, 0) is 19.2 Å². The Morgan fingerprint density at radius 1 is 1.38 bits per heavy atom. The van der Waals surface area contributed by atoms with E-state index in [1.54, 1.807) is 0 Å². The van der Waals surface area contributed by atoms with Crippen LogP contribution in [0.5, 0.6) is 0 Å². The Bertz CT molecular complexity index is 1190. The van der Waals surface area contributed by atoms with Gasteiger partial charge in [0.2, 0.25) is 0 Å². The highest BCUT2D eigenvalue weighted by molar-refractivity contribution is 7.93. The topological polar surface area (TPSA) is 121 Å². The zero-order valence-corrected chi connectivity index (χ0v) is 17.5. The van der Waals surface area contributed by atoms with E-state index in [1.807, 2.05) is 19.1 Å². The molecular formula is C19H24N6O3S. The number of pyridine rings is 1. The van der Waals surface area contributed by atoms with E-state index in [4.69, 9.17) is 19.0 Å². The predicted molar refractivity (Wildman–Crippen MR) is 109 cm³/mol. The third kappa shape index (κ3) is 2.84. The molecule has 1 aliphatic carbocycles. The number of H-pyrrole nitrogens is 1. The molecule has 10 heteroatoms. The van der Waals surface area contributed by atoms with Crippen LogP contribution in [0.25, 0.3) is 22.5 Å². The molecule has 0 aromatic carbocycles. The average molecular weight is 417 g/mol.